The van der Waals surface area contributed by atoms with E-state index in [1.165, 1.54) is 12.1 Å². The van der Waals surface area contributed by atoms with Gasteiger partial charge in [-0.25, -0.2) is 17.6 Å². The van der Waals surface area contributed by atoms with Crippen molar-refractivity contribution in [3.05, 3.63) is 95.8 Å². The van der Waals surface area contributed by atoms with Gasteiger partial charge in [0.25, 0.3) is 0 Å². The van der Waals surface area contributed by atoms with Gasteiger partial charge in [-0.3, -0.25) is 9.97 Å². The third kappa shape index (κ3) is 4.39. The molecule has 0 atom stereocenters. The molecule has 1 aliphatic carbocycles. The van der Waals surface area contributed by atoms with Crippen LogP contribution in [-0.2, 0) is 26.5 Å². The summed E-state index contributed by atoms with van der Waals surface area (Å²) in [5, 5.41) is 0. The van der Waals surface area contributed by atoms with E-state index in [1.54, 1.807) is 24.3 Å². The molecule has 0 saturated heterocycles. The normalized spacial score (nSPS) is 15.4. The van der Waals surface area contributed by atoms with Crippen molar-refractivity contribution in [3.8, 4) is 22.5 Å². The van der Waals surface area contributed by atoms with Crippen molar-refractivity contribution >= 4 is 0 Å². The predicted molar refractivity (Wildman–Crippen MR) is 112 cm³/mol. The Hall–Kier alpha value is -2.99. The van der Waals surface area contributed by atoms with Crippen LogP contribution in [0.15, 0.2) is 48.5 Å². The molecule has 0 spiro atoms. The maximum absolute atomic E-state index is 14.4. The van der Waals surface area contributed by atoms with E-state index >= 15 is 0 Å². The zero-order valence-electron chi connectivity index (χ0n) is 19.4. The average molecular weight is 646 g/mol. The molecule has 0 bridgehead atoms. The van der Waals surface area contributed by atoms with E-state index in [0.717, 1.165) is 12.8 Å². The van der Waals surface area contributed by atoms with Crippen LogP contribution < -0.4 is 0 Å². The molecule has 34 heavy (non-hydrogen) atoms. The topological polar surface area (TPSA) is 51.6 Å². The van der Waals surface area contributed by atoms with Crippen molar-refractivity contribution in [2.75, 3.05) is 0 Å². The van der Waals surface area contributed by atoms with Crippen LogP contribution in [0.4, 0.5) is 17.6 Å². The molecule has 0 amide bonds. The van der Waals surface area contributed by atoms with E-state index in [2.05, 4.69) is 32.1 Å². The summed E-state index contributed by atoms with van der Waals surface area (Å²) in [5.41, 5.74) is 0.310. The molecule has 1 saturated carbocycles. The zero-order chi connectivity index (χ0) is 24.7. The Morgan fingerprint density at radius 1 is 0.706 bits per heavy atom. The Bertz CT molecular complexity index is 1340. The summed E-state index contributed by atoms with van der Waals surface area (Å²) in [7, 11) is 0. The van der Waals surface area contributed by atoms with Crippen LogP contribution in [0.5, 0.6) is 0 Å². The quantitative estimate of drug-likeness (QED) is 0.165. The second kappa shape index (κ2) is 9.71. The number of nitrogens with zero attached hydrogens (tertiary/aromatic N) is 4. The Balaban J connectivity index is 0.00000304. The first-order valence-corrected chi connectivity index (χ1v) is 10.2. The van der Waals surface area contributed by atoms with Crippen LogP contribution in [-0.4, -0.2) is 19.9 Å². The van der Waals surface area contributed by atoms with Gasteiger partial charge < -0.3 is 9.97 Å². The minimum absolute atomic E-state index is 0. The molecule has 0 aliphatic heterocycles. The van der Waals surface area contributed by atoms with Crippen molar-refractivity contribution in [1.29, 1.82) is 0 Å². The summed E-state index contributed by atoms with van der Waals surface area (Å²) in [5.74, 6) is -4.76. The van der Waals surface area contributed by atoms with Crippen molar-refractivity contribution < 1.29 is 41.4 Å². The van der Waals surface area contributed by atoms with E-state index in [9.17, 15) is 17.6 Å². The number of halogens is 4. The summed E-state index contributed by atoms with van der Waals surface area (Å²) in [6.07, 6.45) is 3.05. The molecule has 0 N–H and O–H groups in total. The van der Waals surface area contributed by atoms with Crippen LogP contribution in [0.2, 0.25) is 0 Å². The van der Waals surface area contributed by atoms with E-state index in [4.69, 9.17) is 2.74 Å². The summed E-state index contributed by atoms with van der Waals surface area (Å²) in [6.45, 7) is 0. The van der Waals surface area contributed by atoms with Gasteiger partial charge >= 0.3 is 21.1 Å². The van der Waals surface area contributed by atoms with Crippen molar-refractivity contribution in [1.82, 2.24) is 19.9 Å². The third-order valence-corrected chi connectivity index (χ3v) is 5.83. The van der Waals surface area contributed by atoms with E-state index < -0.39 is 41.3 Å². The predicted octanol–water partition coefficient (Wildman–Crippen LogP) is 5.61. The van der Waals surface area contributed by atoms with Crippen molar-refractivity contribution in [3.63, 3.8) is 0 Å². The summed E-state index contributed by atoms with van der Waals surface area (Å²) < 4.78 is 70.9. The molecule has 4 aromatic heterocycles. The Kier molecular flexibility index (Phi) is 6.15. The fourth-order valence-corrected chi connectivity index (χ4v) is 4.31. The Labute approximate surface area is 210 Å². The molecule has 1 fully saturated rings. The molecule has 1 aliphatic rings. The van der Waals surface area contributed by atoms with Gasteiger partial charge in [0.2, 0.25) is 0 Å². The van der Waals surface area contributed by atoms with Gasteiger partial charge in [-0.15, -0.1) is 12.1 Å². The maximum atomic E-state index is 14.4. The number of aromatic nitrogens is 4. The minimum Gasteiger partial charge on any atom is -0.300 e. The van der Waals surface area contributed by atoms with Crippen molar-refractivity contribution in [2.24, 2.45) is 0 Å². The SMILES string of the molecule is [2H]c1[c-]c(-c2cccc(C3(c4cccc(-c5[c-]c([2H])c(F)nc5F)n4)CCCC3)n2)c(F)nc1F.[Pt+2]. The van der Waals surface area contributed by atoms with E-state index in [0.29, 0.717) is 24.2 Å². The van der Waals surface area contributed by atoms with Crippen LogP contribution in [0.25, 0.3) is 22.5 Å². The smallest absolute Gasteiger partial charge is 0.300 e. The summed E-state index contributed by atoms with van der Waals surface area (Å²) in [6, 6.07) is 13.3. The van der Waals surface area contributed by atoms with Crippen LogP contribution in [0.1, 0.15) is 39.8 Å². The first kappa shape index (κ1) is 21.5. The summed E-state index contributed by atoms with van der Waals surface area (Å²) >= 11 is 0. The molecule has 9 heteroatoms. The first-order chi connectivity index (χ1) is 16.8. The van der Waals surface area contributed by atoms with Crippen LogP contribution >= 0.6 is 0 Å². The molecule has 5 rings (SSSR count). The number of hydrogen-bond acceptors (Lipinski definition) is 4. The molecule has 4 aromatic rings. The van der Waals surface area contributed by atoms with Gasteiger partial charge in [-0.2, -0.15) is 0 Å². The van der Waals surface area contributed by atoms with Gasteiger partial charge in [-0.05, 0) is 36.4 Å². The Morgan fingerprint density at radius 2 is 1.15 bits per heavy atom. The third-order valence-electron chi connectivity index (χ3n) is 5.83. The molecule has 0 aromatic carbocycles. The number of pyridine rings is 4. The van der Waals surface area contributed by atoms with Crippen LogP contribution in [0, 0.1) is 35.9 Å². The second-order valence-electron chi connectivity index (χ2n) is 7.74. The van der Waals surface area contributed by atoms with E-state index in [1.807, 2.05) is 0 Å². The molecular formula is C25H16F4N4Pt. The van der Waals surface area contributed by atoms with Crippen LogP contribution in [0.3, 0.4) is 0 Å². The number of rotatable bonds is 4. The molecule has 4 heterocycles. The Morgan fingerprint density at radius 3 is 1.59 bits per heavy atom. The van der Waals surface area contributed by atoms with E-state index in [-0.39, 0.29) is 43.6 Å². The summed E-state index contributed by atoms with van der Waals surface area (Å²) in [4.78, 5) is 15.5. The number of hydrogen-bond donors (Lipinski definition) is 0. The van der Waals surface area contributed by atoms with Gasteiger partial charge in [0, 0.05) is 14.1 Å². The molecular weight excluding hydrogens is 627 g/mol. The first-order valence-electron chi connectivity index (χ1n) is 11.2. The molecule has 0 unspecified atom stereocenters. The fraction of sp³-hybridized carbons (Fsp3) is 0.200. The zero-order valence-corrected chi connectivity index (χ0v) is 19.7. The molecule has 4 nitrogen and oxygen atoms in total. The van der Waals surface area contributed by atoms with Gasteiger partial charge in [0.05, 0.1) is 5.41 Å². The fourth-order valence-electron chi connectivity index (χ4n) is 4.31. The monoisotopic (exact) mass is 645 g/mol. The van der Waals surface area contributed by atoms with Crippen molar-refractivity contribution in [2.45, 2.75) is 31.1 Å². The second-order valence-corrected chi connectivity index (χ2v) is 7.74. The van der Waals surface area contributed by atoms with Gasteiger partial charge in [0.15, 0.2) is 0 Å². The molecule has 0 radical (unpaired) electrons. The van der Waals surface area contributed by atoms with Gasteiger partial charge in [0.1, 0.15) is 23.8 Å². The maximum Gasteiger partial charge on any atom is 2.00 e. The van der Waals surface area contributed by atoms with Gasteiger partial charge in [-0.1, -0.05) is 60.3 Å². The molecule has 174 valence electrons. The average Bonchev–Trinajstić information content (AvgIpc) is 3.35. The standard InChI is InChI=1S/C25H16F4N4.Pt/c26-21-11-9-15(23(28)32-21)17-5-3-7-19(30-17)25(13-1-2-14-25)20-8-4-6-18(31-20)16-10-12-22(27)33-24(16)29;/h3-8,11-12H,1-2,13-14H2;/q-2;+2/i11D,12D;. The largest absolute Gasteiger partial charge is 2.00 e. The minimum atomic E-state index is -1.26.